The van der Waals surface area contributed by atoms with E-state index in [0.717, 1.165) is 54.5 Å². The van der Waals surface area contributed by atoms with Crippen LogP contribution in [-0.4, -0.2) is 69.8 Å². The van der Waals surface area contributed by atoms with Gasteiger partial charge < -0.3 is 20.1 Å². The van der Waals surface area contributed by atoms with E-state index in [-0.39, 0.29) is 6.10 Å². The molecule has 2 N–H and O–H groups in total. The van der Waals surface area contributed by atoms with Gasteiger partial charge >= 0.3 is 0 Å². The van der Waals surface area contributed by atoms with Crippen molar-refractivity contribution in [2.45, 2.75) is 51.7 Å². The molecule has 32 heavy (non-hydrogen) atoms. The molecule has 0 aliphatic carbocycles. The third-order valence-corrected chi connectivity index (χ3v) is 6.51. The average molecular weight is 437 g/mol. The molecular formula is C24H32N6O2. The van der Waals surface area contributed by atoms with Crippen LogP contribution in [0.3, 0.4) is 0 Å². The summed E-state index contributed by atoms with van der Waals surface area (Å²) in [6.45, 7) is 9.92. The fourth-order valence-electron chi connectivity index (χ4n) is 4.77. The van der Waals surface area contributed by atoms with E-state index < -0.39 is 6.10 Å². The molecule has 8 heteroatoms. The number of aromatic nitrogens is 4. The summed E-state index contributed by atoms with van der Waals surface area (Å²) < 4.78 is 7.65. The Balaban J connectivity index is 1.43. The molecule has 0 radical (unpaired) electrons. The highest BCUT2D eigenvalue weighted by Crippen LogP contribution is 2.32. The van der Waals surface area contributed by atoms with Gasteiger partial charge in [0.1, 0.15) is 11.6 Å². The summed E-state index contributed by atoms with van der Waals surface area (Å²) >= 11 is 0. The van der Waals surface area contributed by atoms with Gasteiger partial charge in [-0.25, -0.2) is 14.6 Å². The van der Waals surface area contributed by atoms with Crippen LogP contribution in [0.5, 0.6) is 0 Å². The molecule has 2 fully saturated rings. The number of anilines is 1. The monoisotopic (exact) mass is 436 g/mol. The average Bonchev–Trinajstić information content (AvgIpc) is 3.14. The standard InChI is InChI=1S/C24H32N6O2/c1-15-8-19-11-26-30(22(19)9-21(15)18-4-6-25-7-5-18)24-10-23(27-17(3)28-24)29-12-20(13-29)32-14-16(2)31/h8-11,16,18,20,25,31H,4-7,12-14H2,1-3H3. The molecule has 2 aliphatic heterocycles. The van der Waals surface area contributed by atoms with E-state index in [9.17, 15) is 5.11 Å². The first-order valence-electron chi connectivity index (χ1n) is 11.6. The SMILES string of the molecule is Cc1nc(N2CC(OCC(C)O)C2)cc(-n2ncc3cc(C)c(C4CCNCC4)cc32)n1. The van der Waals surface area contributed by atoms with Gasteiger partial charge in [-0.1, -0.05) is 0 Å². The van der Waals surface area contributed by atoms with Crippen LogP contribution in [0, 0.1) is 13.8 Å². The molecule has 8 nitrogen and oxygen atoms in total. The van der Waals surface area contributed by atoms with E-state index in [1.807, 2.05) is 23.9 Å². The molecule has 0 spiro atoms. The smallest absolute Gasteiger partial charge is 0.159 e. The Morgan fingerprint density at radius 2 is 1.88 bits per heavy atom. The number of aliphatic hydroxyl groups excluding tert-OH is 1. The molecule has 2 aromatic heterocycles. The number of rotatable bonds is 6. The predicted octanol–water partition coefficient (Wildman–Crippen LogP) is 2.49. The van der Waals surface area contributed by atoms with Crippen molar-refractivity contribution in [3.8, 4) is 5.82 Å². The molecule has 170 valence electrons. The molecule has 2 aliphatic rings. The number of nitrogens with one attached hydrogen (secondary N) is 1. The third-order valence-electron chi connectivity index (χ3n) is 6.51. The number of ether oxygens (including phenoxy) is 1. The lowest BCUT2D eigenvalue weighted by Crippen LogP contribution is -2.53. The summed E-state index contributed by atoms with van der Waals surface area (Å²) in [6, 6.07) is 6.58. The highest BCUT2D eigenvalue weighted by molar-refractivity contribution is 5.82. The topological polar surface area (TPSA) is 88.3 Å². The maximum absolute atomic E-state index is 9.42. The molecule has 0 saturated carbocycles. The second-order valence-corrected chi connectivity index (χ2v) is 9.19. The van der Waals surface area contributed by atoms with Gasteiger partial charge in [0.05, 0.1) is 30.5 Å². The van der Waals surface area contributed by atoms with E-state index in [1.165, 1.54) is 24.0 Å². The number of hydrogen-bond acceptors (Lipinski definition) is 7. The maximum Gasteiger partial charge on any atom is 0.159 e. The molecule has 3 aromatic rings. The normalized spacial score (nSPS) is 18.8. The lowest BCUT2D eigenvalue weighted by molar-refractivity contribution is -0.0145. The Morgan fingerprint density at radius 1 is 1.12 bits per heavy atom. The zero-order chi connectivity index (χ0) is 22.2. The van der Waals surface area contributed by atoms with Crippen LogP contribution in [0.1, 0.15) is 42.6 Å². The molecule has 1 aromatic carbocycles. The minimum absolute atomic E-state index is 0.129. The van der Waals surface area contributed by atoms with Gasteiger partial charge in [-0.05, 0) is 75.9 Å². The van der Waals surface area contributed by atoms with Crippen LogP contribution in [0.25, 0.3) is 16.7 Å². The fourth-order valence-corrected chi connectivity index (χ4v) is 4.77. The number of hydrogen-bond donors (Lipinski definition) is 2. The summed E-state index contributed by atoms with van der Waals surface area (Å²) in [5.74, 6) is 2.99. The van der Waals surface area contributed by atoms with E-state index in [0.29, 0.717) is 12.5 Å². The summed E-state index contributed by atoms with van der Waals surface area (Å²) in [5.41, 5.74) is 3.86. The lowest BCUT2D eigenvalue weighted by Gasteiger charge is -2.40. The highest BCUT2D eigenvalue weighted by atomic mass is 16.5. The Labute approximate surface area is 188 Å². The van der Waals surface area contributed by atoms with Crippen LogP contribution in [0.4, 0.5) is 5.82 Å². The lowest BCUT2D eigenvalue weighted by atomic mass is 9.87. The first kappa shape index (κ1) is 21.3. The van der Waals surface area contributed by atoms with Gasteiger partial charge in [-0.15, -0.1) is 0 Å². The van der Waals surface area contributed by atoms with Crippen molar-refractivity contribution >= 4 is 16.7 Å². The Morgan fingerprint density at radius 3 is 2.62 bits per heavy atom. The minimum Gasteiger partial charge on any atom is -0.391 e. The zero-order valence-corrected chi connectivity index (χ0v) is 19.1. The molecule has 0 amide bonds. The number of fused-ring (bicyclic) bond motifs is 1. The Hall–Kier alpha value is -2.55. The van der Waals surface area contributed by atoms with Gasteiger partial charge in [0.15, 0.2) is 5.82 Å². The maximum atomic E-state index is 9.42. The van der Waals surface area contributed by atoms with Crippen molar-refractivity contribution in [3.05, 3.63) is 41.3 Å². The van der Waals surface area contributed by atoms with E-state index in [2.05, 4.69) is 39.4 Å². The van der Waals surface area contributed by atoms with Crippen LogP contribution >= 0.6 is 0 Å². The van der Waals surface area contributed by atoms with Gasteiger partial charge in [-0.3, -0.25) is 0 Å². The van der Waals surface area contributed by atoms with E-state index in [1.54, 1.807) is 6.92 Å². The van der Waals surface area contributed by atoms with Gasteiger partial charge in [0, 0.05) is 24.5 Å². The van der Waals surface area contributed by atoms with Crippen molar-refractivity contribution in [2.75, 3.05) is 37.7 Å². The molecule has 1 unspecified atom stereocenters. The number of aliphatic hydroxyl groups is 1. The first-order chi connectivity index (χ1) is 15.5. The molecular weight excluding hydrogens is 404 g/mol. The summed E-state index contributed by atoms with van der Waals surface area (Å²) in [6.07, 6.45) is 3.96. The number of nitrogens with zero attached hydrogens (tertiary/aromatic N) is 5. The van der Waals surface area contributed by atoms with Crippen molar-refractivity contribution < 1.29 is 9.84 Å². The highest BCUT2D eigenvalue weighted by Gasteiger charge is 2.29. The first-order valence-corrected chi connectivity index (χ1v) is 11.6. The summed E-state index contributed by atoms with van der Waals surface area (Å²) in [7, 11) is 0. The predicted molar refractivity (Wildman–Crippen MR) is 125 cm³/mol. The van der Waals surface area contributed by atoms with Crippen molar-refractivity contribution in [1.82, 2.24) is 25.1 Å². The van der Waals surface area contributed by atoms with Gasteiger partial charge in [0.2, 0.25) is 0 Å². The number of piperidine rings is 1. The molecule has 4 heterocycles. The number of aryl methyl sites for hydroxylation is 2. The molecule has 5 rings (SSSR count). The fraction of sp³-hybridized carbons (Fsp3) is 0.542. The van der Waals surface area contributed by atoms with Crippen molar-refractivity contribution in [1.29, 1.82) is 0 Å². The van der Waals surface area contributed by atoms with Gasteiger partial charge in [-0.2, -0.15) is 5.10 Å². The van der Waals surface area contributed by atoms with Gasteiger partial charge in [0.25, 0.3) is 0 Å². The summed E-state index contributed by atoms with van der Waals surface area (Å²) in [5, 5.41) is 18.7. The number of benzene rings is 1. The third kappa shape index (κ3) is 4.22. The van der Waals surface area contributed by atoms with Crippen LogP contribution in [0.2, 0.25) is 0 Å². The largest absolute Gasteiger partial charge is 0.391 e. The van der Waals surface area contributed by atoms with E-state index >= 15 is 0 Å². The second kappa shape index (κ2) is 8.77. The minimum atomic E-state index is -0.441. The quantitative estimate of drug-likeness (QED) is 0.614. The van der Waals surface area contributed by atoms with Crippen LogP contribution in [-0.2, 0) is 4.74 Å². The van der Waals surface area contributed by atoms with Crippen LogP contribution < -0.4 is 10.2 Å². The summed E-state index contributed by atoms with van der Waals surface area (Å²) in [4.78, 5) is 11.5. The van der Waals surface area contributed by atoms with Crippen molar-refractivity contribution in [3.63, 3.8) is 0 Å². The Bertz CT molecular complexity index is 1100. The Kier molecular flexibility index (Phi) is 5.84. The van der Waals surface area contributed by atoms with Crippen LogP contribution in [0.15, 0.2) is 24.4 Å². The van der Waals surface area contributed by atoms with E-state index in [4.69, 9.17) is 9.72 Å². The molecule has 2 saturated heterocycles. The second-order valence-electron chi connectivity index (χ2n) is 9.19. The molecule has 0 bridgehead atoms. The molecule has 1 atom stereocenters. The van der Waals surface area contributed by atoms with Crippen molar-refractivity contribution in [2.24, 2.45) is 0 Å². The zero-order valence-electron chi connectivity index (χ0n) is 19.1.